The van der Waals surface area contributed by atoms with Crippen LogP contribution in [0.2, 0.25) is 0 Å². The molecule has 0 spiro atoms. The number of nitrogens with zero attached hydrogens (tertiary/aromatic N) is 2. The third-order valence-corrected chi connectivity index (χ3v) is 0. The topological polar surface area (TPSA) is 202 Å². The second kappa shape index (κ2) is 17.3. The van der Waals surface area contributed by atoms with Gasteiger partial charge < -0.3 is 42.1 Å². The standard InChI is InChI=1S/CH4N2O.2NO3.Sr/c3*2-1(3)4;/h(H4,2,3,4);;;/q;2*-1;+2. The third-order valence-electron chi connectivity index (χ3n) is 0. The molecule has 0 aliphatic heterocycles. The fourth-order valence-electron chi connectivity index (χ4n) is 0. The molecule has 0 aliphatic rings. The minimum Gasteiger partial charge on any atom is -0.356 e. The first kappa shape index (κ1) is 22.7. The monoisotopic (exact) mass is 272 g/mol. The Morgan fingerprint density at radius 1 is 0.923 bits per heavy atom. The van der Waals surface area contributed by atoms with Crippen molar-refractivity contribution in [3.05, 3.63) is 30.6 Å². The first-order valence-corrected chi connectivity index (χ1v) is 1.88. The molecule has 0 aliphatic carbocycles. The zero-order valence-corrected chi connectivity index (χ0v) is 9.59. The summed E-state index contributed by atoms with van der Waals surface area (Å²) >= 11 is 0. The van der Waals surface area contributed by atoms with E-state index in [1.54, 1.807) is 0 Å². The number of carbonyl (C=O) groups excluding carboxylic acids is 1. The van der Waals surface area contributed by atoms with Gasteiger partial charge >= 0.3 is 51.5 Å². The molecule has 4 N–H and O–H groups in total. The molecule has 0 unspecified atom stereocenters. The Morgan fingerprint density at radius 3 is 0.923 bits per heavy atom. The van der Waals surface area contributed by atoms with Gasteiger partial charge in [0.25, 0.3) is 0 Å². The van der Waals surface area contributed by atoms with E-state index in [1.807, 2.05) is 0 Å². The van der Waals surface area contributed by atoms with Gasteiger partial charge in [-0.25, -0.2) is 4.79 Å². The molecule has 0 atom stereocenters. The molecule has 2 amide bonds. The summed E-state index contributed by atoms with van der Waals surface area (Å²) in [6.07, 6.45) is 0. The molecule has 0 rings (SSSR count). The van der Waals surface area contributed by atoms with Crippen LogP contribution in [0.15, 0.2) is 0 Å². The SMILES string of the molecule is NC(N)=O.O=[N+]([O-])[O-].O=[N+]([O-])[O-].[Sr+2]. The summed E-state index contributed by atoms with van der Waals surface area (Å²) in [5.41, 5.74) is 8.50. The van der Waals surface area contributed by atoms with E-state index in [9.17, 15) is 0 Å². The first-order valence-electron chi connectivity index (χ1n) is 1.88. The van der Waals surface area contributed by atoms with Crippen molar-refractivity contribution in [1.29, 1.82) is 0 Å². The van der Waals surface area contributed by atoms with E-state index in [0.29, 0.717) is 0 Å². The normalized spacial score (nSPS) is 5.54. The van der Waals surface area contributed by atoms with Crippen LogP contribution in [0, 0.1) is 30.6 Å². The molecule has 11 nitrogen and oxygen atoms in total. The Balaban J connectivity index is -0.0000000450. The van der Waals surface area contributed by atoms with E-state index < -0.39 is 16.2 Å². The van der Waals surface area contributed by atoms with Crippen LogP contribution in [0.4, 0.5) is 4.79 Å². The van der Waals surface area contributed by atoms with Crippen molar-refractivity contribution in [1.82, 2.24) is 0 Å². The maximum Gasteiger partial charge on any atom is 2.00 e. The van der Waals surface area contributed by atoms with Crippen LogP contribution in [0.3, 0.4) is 0 Å². The van der Waals surface area contributed by atoms with Crippen LogP contribution in [0.25, 0.3) is 0 Å². The van der Waals surface area contributed by atoms with E-state index in [-0.39, 0.29) is 45.5 Å². The molecular weight excluding hydrogens is 268 g/mol. The average molecular weight is 272 g/mol. The predicted molar refractivity (Wildman–Crippen MR) is 40.2 cm³/mol. The van der Waals surface area contributed by atoms with Gasteiger partial charge in [0.1, 0.15) is 0 Å². The molecule has 13 heavy (non-hydrogen) atoms. The summed E-state index contributed by atoms with van der Waals surface area (Å²) in [5.74, 6) is 0. The van der Waals surface area contributed by atoms with Crippen molar-refractivity contribution in [3.63, 3.8) is 0 Å². The second-order valence-electron chi connectivity index (χ2n) is 0.850. The van der Waals surface area contributed by atoms with Gasteiger partial charge in [0, 0.05) is 0 Å². The molecule has 12 heteroatoms. The molecule has 0 fully saturated rings. The number of nitrogens with two attached hydrogens (primary N) is 2. The van der Waals surface area contributed by atoms with Gasteiger partial charge in [-0.2, -0.15) is 0 Å². The molecule has 0 aromatic carbocycles. The van der Waals surface area contributed by atoms with E-state index in [0.717, 1.165) is 0 Å². The molecule has 0 aromatic heterocycles. The number of hydrogen-bond acceptors (Lipinski definition) is 7. The molecule has 0 aromatic rings. The summed E-state index contributed by atoms with van der Waals surface area (Å²) in [6.45, 7) is 0. The summed E-state index contributed by atoms with van der Waals surface area (Å²) in [5, 5.41) is 29.5. The number of amides is 2. The van der Waals surface area contributed by atoms with Gasteiger partial charge in [0.15, 0.2) is 0 Å². The molecule has 72 valence electrons. The summed E-state index contributed by atoms with van der Waals surface area (Å²) in [4.78, 5) is 25.5. The minimum atomic E-state index is -1.75. The molecule has 0 bridgehead atoms. The number of hydrogen-bond donors (Lipinski definition) is 2. The average Bonchev–Trinajstić information content (AvgIpc) is 1.54. The van der Waals surface area contributed by atoms with Crippen LogP contribution in [0.5, 0.6) is 0 Å². The van der Waals surface area contributed by atoms with Gasteiger partial charge in [0.2, 0.25) is 0 Å². The van der Waals surface area contributed by atoms with Crippen molar-refractivity contribution in [2.24, 2.45) is 11.5 Å². The van der Waals surface area contributed by atoms with Crippen LogP contribution < -0.4 is 11.5 Å². The van der Waals surface area contributed by atoms with E-state index in [2.05, 4.69) is 11.5 Å². The first-order chi connectivity index (χ1) is 5.20. The van der Waals surface area contributed by atoms with E-state index in [1.165, 1.54) is 0 Å². The van der Waals surface area contributed by atoms with Crippen LogP contribution >= 0.6 is 0 Å². The van der Waals surface area contributed by atoms with E-state index >= 15 is 0 Å². The number of urea groups is 1. The Hall–Kier alpha value is -0.849. The van der Waals surface area contributed by atoms with Crippen molar-refractivity contribution in [3.8, 4) is 0 Å². The Morgan fingerprint density at radius 2 is 0.923 bits per heavy atom. The van der Waals surface area contributed by atoms with Gasteiger partial charge in [0.05, 0.1) is 10.2 Å². The Labute approximate surface area is 108 Å². The number of rotatable bonds is 0. The maximum atomic E-state index is 9.00. The Kier molecular flexibility index (Phi) is 30.3. The van der Waals surface area contributed by atoms with Gasteiger partial charge in [-0.05, 0) is 0 Å². The molecule has 0 saturated carbocycles. The largest absolute Gasteiger partial charge is 2.00 e. The zero-order chi connectivity index (χ0) is 10.7. The maximum absolute atomic E-state index is 9.00. The van der Waals surface area contributed by atoms with Crippen molar-refractivity contribution >= 4 is 51.5 Å². The summed E-state index contributed by atoms with van der Waals surface area (Å²) in [6, 6.07) is -0.833. The number of primary amides is 2. The second-order valence-corrected chi connectivity index (χ2v) is 0.850. The predicted octanol–water partition coefficient (Wildman–Crippen LogP) is -1.84. The molecular formula is CH4N4O7Sr. The quantitative estimate of drug-likeness (QED) is 0.292. The zero-order valence-electron chi connectivity index (χ0n) is 6.11. The van der Waals surface area contributed by atoms with Crippen LogP contribution in [0.1, 0.15) is 0 Å². The van der Waals surface area contributed by atoms with E-state index in [4.69, 9.17) is 35.4 Å². The van der Waals surface area contributed by atoms with Gasteiger partial charge in [-0.3, -0.25) is 0 Å². The Bertz CT molecular complexity index is 118. The van der Waals surface area contributed by atoms with Crippen molar-refractivity contribution in [2.75, 3.05) is 0 Å². The molecule has 0 saturated heterocycles. The molecule has 0 radical (unpaired) electrons. The van der Waals surface area contributed by atoms with Crippen molar-refractivity contribution in [2.45, 2.75) is 0 Å². The smallest absolute Gasteiger partial charge is 0.356 e. The van der Waals surface area contributed by atoms with Crippen molar-refractivity contribution < 1.29 is 15.0 Å². The van der Waals surface area contributed by atoms with Crippen LogP contribution in [-0.2, 0) is 0 Å². The fourth-order valence-corrected chi connectivity index (χ4v) is 0. The fraction of sp³-hybridized carbons (Fsp3) is 0. The van der Waals surface area contributed by atoms with Gasteiger partial charge in [-0.1, -0.05) is 0 Å². The van der Waals surface area contributed by atoms with Gasteiger partial charge in [-0.15, -0.1) is 0 Å². The summed E-state index contributed by atoms with van der Waals surface area (Å²) < 4.78 is 0. The third kappa shape index (κ3) is 1290. The molecule has 0 heterocycles. The van der Waals surface area contributed by atoms with Crippen LogP contribution in [-0.4, -0.2) is 61.7 Å². The minimum absolute atomic E-state index is 0. The summed E-state index contributed by atoms with van der Waals surface area (Å²) in [7, 11) is 0. The number of carbonyl (C=O) groups is 1.